The van der Waals surface area contributed by atoms with Gasteiger partial charge in [0, 0.05) is 4.90 Å². The van der Waals surface area contributed by atoms with Crippen LogP contribution in [0.25, 0.3) is 11.1 Å². The van der Waals surface area contributed by atoms with Gasteiger partial charge in [-0.25, -0.2) is 0 Å². The van der Waals surface area contributed by atoms with Crippen molar-refractivity contribution in [3.8, 4) is 11.1 Å². The van der Waals surface area contributed by atoms with Crippen molar-refractivity contribution in [1.29, 1.82) is 0 Å². The molecule has 0 aromatic heterocycles. The molecule has 2 aromatic rings. The lowest BCUT2D eigenvalue weighted by molar-refractivity contribution is 0.867. The van der Waals surface area contributed by atoms with E-state index in [0.29, 0.717) is 5.92 Å². The molecule has 0 aliphatic heterocycles. The molecule has 0 fully saturated rings. The van der Waals surface area contributed by atoms with Crippen LogP contribution in [0.4, 0.5) is 0 Å². The molecule has 2 aromatic carbocycles. The molecule has 0 radical (unpaired) electrons. The second-order valence-electron chi connectivity index (χ2n) is 4.33. The molecule has 16 heavy (non-hydrogen) atoms. The molecule has 0 N–H and O–H groups in total. The maximum atomic E-state index is 4.37. The summed E-state index contributed by atoms with van der Waals surface area (Å²) in [6.07, 6.45) is 0. The van der Waals surface area contributed by atoms with Crippen molar-refractivity contribution in [2.75, 3.05) is 0 Å². The number of benzene rings is 2. The molecule has 0 amide bonds. The number of hydrogen-bond acceptors (Lipinski definition) is 1. The van der Waals surface area contributed by atoms with Gasteiger partial charge < -0.3 is 0 Å². The van der Waals surface area contributed by atoms with E-state index in [4.69, 9.17) is 0 Å². The normalized spacial score (nSPS) is 10.8. The molecule has 0 atom stereocenters. The SMILES string of the molecule is CC(C)c1cccc(-c2cccc(S)c2)c1. The maximum Gasteiger partial charge on any atom is 0.00461 e. The van der Waals surface area contributed by atoms with Gasteiger partial charge in [-0.1, -0.05) is 50.2 Å². The van der Waals surface area contributed by atoms with Crippen molar-refractivity contribution >= 4 is 12.6 Å². The van der Waals surface area contributed by atoms with E-state index in [1.165, 1.54) is 16.7 Å². The quantitative estimate of drug-likeness (QED) is 0.703. The lowest BCUT2D eigenvalue weighted by Gasteiger charge is -2.08. The van der Waals surface area contributed by atoms with Crippen LogP contribution < -0.4 is 0 Å². The molecule has 0 aliphatic carbocycles. The Balaban J connectivity index is 2.44. The molecule has 0 bridgehead atoms. The second-order valence-corrected chi connectivity index (χ2v) is 4.85. The van der Waals surface area contributed by atoms with E-state index >= 15 is 0 Å². The van der Waals surface area contributed by atoms with Crippen LogP contribution in [0.15, 0.2) is 53.4 Å². The predicted molar refractivity (Wildman–Crippen MR) is 73.2 cm³/mol. The third-order valence-corrected chi connectivity index (χ3v) is 3.01. The zero-order chi connectivity index (χ0) is 11.5. The van der Waals surface area contributed by atoms with E-state index < -0.39 is 0 Å². The predicted octanol–water partition coefficient (Wildman–Crippen LogP) is 4.77. The Morgan fingerprint density at radius 1 is 0.875 bits per heavy atom. The summed E-state index contributed by atoms with van der Waals surface area (Å²) in [4.78, 5) is 1.01. The summed E-state index contributed by atoms with van der Waals surface area (Å²) < 4.78 is 0. The van der Waals surface area contributed by atoms with Gasteiger partial charge in [0.25, 0.3) is 0 Å². The fourth-order valence-corrected chi connectivity index (χ4v) is 1.99. The van der Waals surface area contributed by atoms with Gasteiger partial charge in [0.15, 0.2) is 0 Å². The fourth-order valence-electron chi connectivity index (χ4n) is 1.76. The van der Waals surface area contributed by atoms with Gasteiger partial charge in [0.05, 0.1) is 0 Å². The minimum atomic E-state index is 0.569. The van der Waals surface area contributed by atoms with E-state index in [9.17, 15) is 0 Å². The lowest BCUT2D eigenvalue weighted by atomic mass is 9.97. The molecule has 0 unspecified atom stereocenters. The molecule has 1 heteroatoms. The number of thiol groups is 1. The Morgan fingerprint density at radius 2 is 1.50 bits per heavy atom. The molecular weight excluding hydrogens is 212 g/mol. The van der Waals surface area contributed by atoms with Crippen LogP contribution in [-0.2, 0) is 0 Å². The topological polar surface area (TPSA) is 0 Å². The first-order chi connectivity index (χ1) is 7.66. The van der Waals surface area contributed by atoms with Crippen LogP contribution in [0.1, 0.15) is 25.3 Å². The highest BCUT2D eigenvalue weighted by atomic mass is 32.1. The third-order valence-electron chi connectivity index (χ3n) is 2.73. The molecule has 0 heterocycles. The summed E-state index contributed by atoms with van der Waals surface area (Å²) in [5.41, 5.74) is 3.87. The minimum absolute atomic E-state index is 0.569. The fraction of sp³-hybridized carbons (Fsp3) is 0.200. The molecular formula is C15H16S. The summed E-state index contributed by atoms with van der Waals surface area (Å²) in [6, 6.07) is 17.0. The molecule has 0 saturated carbocycles. The third kappa shape index (κ3) is 2.48. The van der Waals surface area contributed by atoms with Gasteiger partial charge in [-0.05, 0) is 34.7 Å². The summed E-state index contributed by atoms with van der Waals surface area (Å²) in [6.45, 7) is 4.43. The lowest BCUT2D eigenvalue weighted by Crippen LogP contribution is -1.87. The van der Waals surface area contributed by atoms with Crippen LogP contribution in [-0.4, -0.2) is 0 Å². The van der Waals surface area contributed by atoms with Gasteiger partial charge in [0.2, 0.25) is 0 Å². The first-order valence-electron chi connectivity index (χ1n) is 5.56. The average Bonchev–Trinajstić information content (AvgIpc) is 2.29. The van der Waals surface area contributed by atoms with Crippen LogP contribution in [0.3, 0.4) is 0 Å². The van der Waals surface area contributed by atoms with Crippen molar-refractivity contribution in [2.24, 2.45) is 0 Å². The highest BCUT2D eigenvalue weighted by Crippen LogP contribution is 2.25. The summed E-state index contributed by atoms with van der Waals surface area (Å²) in [5.74, 6) is 0.569. The van der Waals surface area contributed by atoms with Crippen molar-refractivity contribution in [3.63, 3.8) is 0 Å². The molecule has 0 nitrogen and oxygen atoms in total. The number of rotatable bonds is 2. The van der Waals surface area contributed by atoms with Crippen molar-refractivity contribution in [3.05, 3.63) is 54.1 Å². The van der Waals surface area contributed by atoms with Crippen molar-refractivity contribution in [2.45, 2.75) is 24.7 Å². The van der Waals surface area contributed by atoms with Gasteiger partial charge in [0.1, 0.15) is 0 Å². The first kappa shape index (κ1) is 11.3. The zero-order valence-electron chi connectivity index (χ0n) is 9.64. The smallest absolute Gasteiger partial charge is 0.00461 e. The number of hydrogen-bond donors (Lipinski definition) is 1. The van der Waals surface area contributed by atoms with E-state index in [2.05, 4.69) is 62.9 Å². The molecule has 0 aliphatic rings. The molecule has 82 valence electrons. The van der Waals surface area contributed by atoms with Crippen LogP contribution >= 0.6 is 12.6 Å². The first-order valence-corrected chi connectivity index (χ1v) is 6.01. The second kappa shape index (κ2) is 4.75. The summed E-state index contributed by atoms with van der Waals surface area (Å²) >= 11 is 4.37. The Kier molecular flexibility index (Phi) is 3.35. The summed E-state index contributed by atoms with van der Waals surface area (Å²) in [7, 11) is 0. The Morgan fingerprint density at radius 3 is 2.12 bits per heavy atom. The Hall–Kier alpha value is -1.21. The van der Waals surface area contributed by atoms with E-state index in [1.807, 2.05) is 12.1 Å². The van der Waals surface area contributed by atoms with Crippen LogP contribution in [0.5, 0.6) is 0 Å². The van der Waals surface area contributed by atoms with E-state index in [-0.39, 0.29) is 0 Å². The maximum absolute atomic E-state index is 4.37. The van der Waals surface area contributed by atoms with E-state index in [0.717, 1.165) is 4.90 Å². The monoisotopic (exact) mass is 228 g/mol. The van der Waals surface area contributed by atoms with Crippen molar-refractivity contribution in [1.82, 2.24) is 0 Å². The Bertz CT molecular complexity index is 486. The van der Waals surface area contributed by atoms with Crippen molar-refractivity contribution < 1.29 is 0 Å². The molecule has 0 saturated heterocycles. The van der Waals surface area contributed by atoms with Crippen LogP contribution in [0.2, 0.25) is 0 Å². The standard InChI is InChI=1S/C15H16S/c1-11(2)12-5-3-6-13(9-12)14-7-4-8-15(16)10-14/h3-11,16H,1-2H3. The average molecular weight is 228 g/mol. The van der Waals surface area contributed by atoms with Gasteiger partial charge >= 0.3 is 0 Å². The molecule has 0 spiro atoms. The van der Waals surface area contributed by atoms with Gasteiger partial charge in [-0.2, -0.15) is 0 Å². The minimum Gasteiger partial charge on any atom is -0.143 e. The van der Waals surface area contributed by atoms with E-state index in [1.54, 1.807) is 0 Å². The Labute approximate surface area is 103 Å². The highest BCUT2D eigenvalue weighted by molar-refractivity contribution is 7.80. The highest BCUT2D eigenvalue weighted by Gasteiger charge is 2.02. The van der Waals surface area contributed by atoms with Crippen LogP contribution in [0, 0.1) is 0 Å². The summed E-state index contributed by atoms with van der Waals surface area (Å²) in [5, 5.41) is 0. The largest absolute Gasteiger partial charge is 0.143 e. The zero-order valence-corrected chi connectivity index (χ0v) is 10.5. The molecule has 2 rings (SSSR count). The van der Waals surface area contributed by atoms with Gasteiger partial charge in [-0.15, -0.1) is 12.6 Å². The van der Waals surface area contributed by atoms with Gasteiger partial charge in [-0.3, -0.25) is 0 Å².